The first-order valence-corrected chi connectivity index (χ1v) is 9.86. The quantitative estimate of drug-likeness (QED) is 0.759. The van der Waals surface area contributed by atoms with E-state index in [1.165, 1.54) is 6.92 Å². The molecule has 0 spiro atoms. The predicted molar refractivity (Wildman–Crippen MR) is 84.0 cm³/mol. The molecule has 0 bridgehead atoms. The van der Waals surface area contributed by atoms with Crippen LogP contribution in [0.1, 0.15) is 39.5 Å². The van der Waals surface area contributed by atoms with Gasteiger partial charge in [0.05, 0.1) is 11.5 Å². The minimum Gasteiger partial charge on any atom is -0.342 e. The number of hydrogen-bond acceptors (Lipinski definition) is 4. The first-order chi connectivity index (χ1) is 10.3. The molecule has 6 nitrogen and oxygen atoms in total. The fourth-order valence-electron chi connectivity index (χ4n) is 3.41. The van der Waals surface area contributed by atoms with Crippen LogP contribution in [0.4, 0.5) is 0 Å². The molecule has 0 aromatic carbocycles. The number of carbonyl (C=O) groups excluding carboxylic acids is 2. The number of rotatable bonds is 4. The van der Waals surface area contributed by atoms with Gasteiger partial charge in [0.15, 0.2) is 9.84 Å². The van der Waals surface area contributed by atoms with E-state index in [2.05, 4.69) is 6.92 Å². The van der Waals surface area contributed by atoms with Crippen LogP contribution >= 0.6 is 0 Å². The fraction of sp³-hybridized carbons (Fsp3) is 0.867. The van der Waals surface area contributed by atoms with Crippen molar-refractivity contribution in [2.24, 2.45) is 5.92 Å². The Morgan fingerprint density at radius 3 is 2.55 bits per heavy atom. The molecular formula is C15H26N2O4S. The lowest BCUT2D eigenvalue weighted by Crippen LogP contribution is -2.44. The van der Waals surface area contributed by atoms with Crippen molar-refractivity contribution in [3.63, 3.8) is 0 Å². The number of sulfone groups is 1. The van der Waals surface area contributed by atoms with Crippen LogP contribution in [0.15, 0.2) is 0 Å². The molecule has 2 heterocycles. The zero-order chi connectivity index (χ0) is 16.3. The highest BCUT2D eigenvalue weighted by Crippen LogP contribution is 2.20. The molecule has 0 aliphatic carbocycles. The first kappa shape index (κ1) is 17.2. The van der Waals surface area contributed by atoms with Crippen LogP contribution in [0.2, 0.25) is 0 Å². The highest BCUT2D eigenvalue weighted by atomic mass is 32.2. The van der Waals surface area contributed by atoms with Gasteiger partial charge in [0, 0.05) is 39.0 Å². The number of likely N-dealkylation sites (tertiary alicyclic amines) is 1. The standard InChI is InChI=1S/C15H26N2O4S/c1-12-4-3-7-16(10-12)15(19)5-8-17(13(2)18)14-6-9-22(20,21)11-14/h12,14H,3-11H2,1-2H3. The van der Waals surface area contributed by atoms with Gasteiger partial charge >= 0.3 is 0 Å². The summed E-state index contributed by atoms with van der Waals surface area (Å²) in [6, 6.07) is -0.268. The number of nitrogens with zero attached hydrogens (tertiary/aromatic N) is 2. The number of piperidine rings is 1. The minimum absolute atomic E-state index is 0.0293. The smallest absolute Gasteiger partial charge is 0.224 e. The van der Waals surface area contributed by atoms with Crippen LogP contribution < -0.4 is 0 Å². The van der Waals surface area contributed by atoms with Gasteiger partial charge in [-0.3, -0.25) is 9.59 Å². The SMILES string of the molecule is CC(=O)N(CCC(=O)N1CCCC(C)C1)C1CCS(=O)(=O)C1. The van der Waals surface area contributed by atoms with Crippen molar-refractivity contribution >= 4 is 21.7 Å². The molecule has 0 N–H and O–H groups in total. The van der Waals surface area contributed by atoms with E-state index in [4.69, 9.17) is 0 Å². The van der Waals surface area contributed by atoms with E-state index in [0.717, 1.165) is 25.9 Å². The molecule has 0 aromatic rings. The topological polar surface area (TPSA) is 74.8 Å². The molecule has 2 aliphatic heterocycles. The van der Waals surface area contributed by atoms with Gasteiger partial charge in [0.2, 0.25) is 11.8 Å². The van der Waals surface area contributed by atoms with Crippen molar-refractivity contribution < 1.29 is 18.0 Å². The largest absolute Gasteiger partial charge is 0.342 e. The highest BCUT2D eigenvalue weighted by molar-refractivity contribution is 7.91. The lowest BCUT2D eigenvalue weighted by molar-refractivity contribution is -0.135. The van der Waals surface area contributed by atoms with Crippen molar-refractivity contribution in [2.75, 3.05) is 31.1 Å². The van der Waals surface area contributed by atoms with Crippen LogP contribution in [0.5, 0.6) is 0 Å². The maximum absolute atomic E-state index is 12.3. The predicted octanol–water partition coefficient (Wildman–Crippen LogP) is 0.671. The summed E-state index contributed by atoms with van der Waals surface area (Å²) in [7, 11) is -3.03. The van der Waals surface area contributed by atoms with Gasteiger partial charge in [0.25, 0.3) is 0 Å². The third kappa shape index (κ3) is 4.44. The second-order valence-corrected chi connectivity index (χ2v) is 8.84. The van der Waals surface area contributed by atoms with Crippen LogP contribution in [0, 0.1) is 5.92 Å². The summed E-state index contributed by atoms with van der Waals surface area (Å²) in [6.45, 7) is 5.49. The van der Waals surface area contributed by atoms with E-state index < -0.39 is 9.84 Å². The minimum atomic E-state index is -3.03. The monoisotopic (exact) mass is 330 g/mol. The summed E-state index contributed by atoms with van der Waals surface area (Å²) in [5.41, 5.74) is 0. The summed E-state index contributed by atoms with van der Waals surface area (Å²) in [5.74, 6) is 0.614. The Balaban J connectivity index is 1.89. The molecule has 2 fully saturated rings. The number of hydrogen-bond donors (Lipinski definition) is 0. The van der Waals surface area contributed by atoms with Crippen molar-refractivity contribution in [2.45, 2.75) is 45.6 Å². The van der Waals surface area contributed by atoms with E-state index in [1.54, 1.807) is 4.90 Å². The Labute approximate surface area is 132 Å². The molecule has 22 heavy (non-hydrogen) atoms. The molecular weight excluding hydrogens is 304 g/mol. The first-order valence-electron chi connectivity index (χ1n) is 8.04. The van der Waals surface area contributed by atoms with Crippen molar-refractivity contribution in [1.29, 1.82) is 0 Å². The van der Waals surface area contributed by atoms with Gasteiger partial charge in [-0.25, -0.2) is 8.42 Å². The molecule has 0 aromatic heterocycles. The van der Waals surface area contributed by atoms with Gasteiger partial charge in [-0.1, -0.05) is 6.92 Å². The highest BCUT2D eigenvalue weighted by Gasteiger charge is 2.34. The van der Waals surface area contributed by atoms with Gasteiger partial charge in [0.1, 0.15) is 0 Å². The van der Waals surface area contributed by atoms with Crippen molar-refractivity contribution in [3.8, 4) is 0 Å². The summed E-state index contributed by atoms with van der Waals surface area (Å²) in [4.78, 5) is 27.5. The average Bonchev–Trinajstić information content (AvgIpc) is 2.78. The molecule has 2 aliphatic rings. The normalized spacial score (nSPS) is 27.6. The fourth-order valence-corrected chi connectivity index (χ4v) is 5.14. The molecule has 126 valence electrons. The number of amides is 2. The zero-order valence-corrected chi connectivity index (χ0v) is 14.3. The van der Waals surface area contributed by atoms with E-state index in [1.807, 2.05) is 4.90 Å². The second kappa shape index (κ2) is 6.98. The van der Waals surface area contributed by atoms with Crippen LogP contribution in [-0.4, -0.2) is 67.2 Å². The third-order valence-corrected chi connectivity index (χ3v) is 6.38. The van der Waals surface area contributed by atoms with Gasteiger partial charge < -0.3 is 9.80 Å². The Bertz CT molecular complexity index is 532. The van der Waals surface area contributed by atoms with Gasteiger partial charge in [-0.2, -0.15) is 0 Å². The lowest BCUT2D eigenvalue weighted by Gasteiger charge is -2.32. The molecule has 7 heteroatoms. The van der Waals surface area contributed by atoms with Crippen LogP contribution in [0.3, 0.4) is 0 Å². The van der Waals surface area contributed by atoms with Gasteiger partial charge in [-0.05, 0) is 25.2 Å². The number of carbonyl (C=O) groups is 2. The molecule has 2 atom stereocenters. The summed E-state index contributed by atoms with van der Waals surface area (Å²) in [5, 5.41) is 0. The van der Waals surface area contributed by atoms with E-state index >= 15 is 0 Å². The summed E-state index contributed by atoms with van der Waals surface area (Å²) >= 11 is 0. The van der Waals surface area contributed by atoms with Crippen molar-refractivity contribution in [1.82, 2.24) is 9.80 Å². The van der Waals surface area contributed by atoms with Crippen LogP contribution in [-0.2, 0) is 19.4 Å². The van der Waals surface area contributed by atoms with Crippen LogP contribution in [0.25, 0.3) is 0 Å². The molecule has 2 rings (SSSR count). The lowest BCUT2D eigenvalue weighted by atomic mass is 10.00. The second-order valence-electron chi connectivity index (χ2n) is 6.61. The maximum atomic E-state index is 12.3. The Kier molecular flexibility index (Phi) is 5.47. The van der Waals surface area contributed by atoms with Gasteiger partial charge in [-0.15, -0.1) is 0 Å². The molecule has 0 saturated carbocycles. The summed E-state index contributed by atoms with van der Waals surface area (Å²) in [6.07, 6.45) is 2.95. The Morgan fingerprint density at radius 1 is 1.27 bits per heavy atom. The average molecular weight is 330 g/mol. The van der Waals surface area contributed by atoms with E-state index in [-0.39, 0.29) is 35.8 Å². The molecule has 2 saturated heterocycles. The molecule has 0 radical (unpaired) electrons. The maximum Gasteiger partial charge on any atom is 0.224 e. The molecule has 2 unspecified atom stereocenters. The summed E-state index contributed by atoms with van der Waals surface area (Å²) < 4.78 is 23.2. The molecule has 2 amide bonds. The van der Waals surface area contributed by atoms with E-state index in [0.29, 0.717) is 18.9 Å². The third-order valence-electron chi connectivity index (χ3n) is 4.63. The Hall–Kier alpha value is -1.11. The van der Waals surface area contributed by atoms with Crippen molar-refractivity contribution in [3.05, 3.63) is 0 Å². The zero-order valence-electron chi connectivity index (χ0n) is 13.5. The van der Waals surface area contributed by atoms with E-state index in [9.17, 15) is 18.0 Å². The Morgan fingerprint density at radius 2 is 2.00 bits per heavy atom.